The molecule has 1 unspecified atom stereocenters. The number of piperidine rings is 1. The van der Waals surface area contributed by atoms with Gasteiger partial charge in [-0.1, -0.05) is 18.2 Å². The zero-order valence-electron chi connectivity index (χ0n) is 13.4. The fourth-order valence-electron chi connectivity index (χ4n) is 2.77. The molecule has 2 aromatic rings. The Balaban J connectivity index is 1.67. The number of aliphatic hydroxyl groups is 1. The van der Waals surface area contributed by atoms with Crippen LogP contribution in [0.2, 0.25) is 0 Å². The number of β-amino-alcohol motifs (C(OH)–C–C–N with tert-alkyl or cyclic N) is 1. The molecule has 1 fully saturated rings. The summed E-state index contributed by atoms with van der Waals surface area (Å²) < 4.78 is 0. The number of rotatable bonds is 6. The largest absolute Gasteiger partial charge is 0.395 e. The van der Waals surface area contributed by atoms with Gasteiger partial charge in [-0.05, 0) is 25.0 Å². The van der Waals surface area contributed by atoms with Crippen LogP contribution in [-0.2, 0) is 4.79 Å². The van der Waals surface area contributed by atoms with E-state index in [0.717, 1.165) is 18.5 Å². The molecule has 3 rings (SSSR count). The first kappa shape index (κ1) is 16.2. The summed E-state index contributed by atoms with van der Waals surface area (Å²) in [6.07, 6.45) is 3.13. The maximum Gasteiger partial charge on any atom is 0.245 e. The highest BCUT2D eigenvalue weighted by Crippen LogP contribution is 2.19. The van der Waals surface area contributed by atoms with E-state index in [2.05, 4.69) is 20.6 Å². The van der Waals surface area contributed by atoms with Gasteiger partial charge in [0, 0.05) is 24.8 Å². The van der Waals surface area contributed by atoms with Crippen molar-refractivity contribution in [2.45, 2.75) is 18.9 Å². The van der Waals surface area contributed by atoms with Gasteiger partial charge in [-0.25, -0.2) is 9.97 Å². The van der Waals surface area contributed by atoms with Gasteiger partial charge in [-0.2, -0.15) is 0 Å². The monoisotopic (exact) mass is 327 g/mol. The summed E-state index contributed by atoms with van der Waals surface area (Å²) in [5, 5.41) is 15.4. The SMILES string of the molecule is O=C1C(Nc2cc(Nc3ccccc3)ncn2)CCCN1CCO. The van der Waals surface area contributed by atoms with E-state index in [1.165, 1.54) is 6.33 Å². The van der Waals surface area contributed by atoms with E-state index in [-0.39, 0.29) is 18.6 Å². The first-order chi connectivity index (χ1) is 11.8. The van der Waals surface area contributed by atoms with Crippen molar-refractivity contribution in [1.29, 1.82) is 0 Å². The molecule has 3 N–H and O–H groups in total. The molecule has 1 aliphatic heterocycles. The van der Waals surface area contributed by atoms with Crippen LogP contribution in [0.15, 0.2) is 42.7 Å². The third-order valence-electron chi connectivity index (χ3n) is 3.94. The Kier molecular flexibility index (Phi) is 5.22. The van der Waals surface area contributed by atoms with Gasteiger partial charge in [0.25, 0.3) is 0 Å². The number of nitrogens with zero attached hydrogens (tertiary/aromatic N) is 3. The Hall–Kier alpha value is -2.67. The van der Waals surface area contributed by atoms with Gasteiger partial charge in [0.2, 0.25) is 5.91 Å². The number of likely N-dealkylation sites (tertiary alicyclic amines) is 1. The van der Waals surface area contributed by atoms with Crippen LogP contribution in [0.25, 0.3) is 0 Å². The van der Waals surface area contributed by atoms with Gasteiger partial charge in [0.15, 0.2) is 0 Å². The normalized spacial score (nSPS) is 17.6. The van der Waals surface area contributed by atoms with Gasteiger partial charge in [0.1, 0.15) is 24.0 Å². The Morgan fingerprint density at radius 1 is 1.21 bits per heavy atom. The maximum atomic E-state index is 12.4. The smallest absolute Gasteiger partial charge is 0.245 e. The number of hydrogen-bond acceptors (Lipinski definition) is 6. The summed E-state index contributed by atoms with van der Waals surface area (Å²) in [6.45, 7) is 1.06. The molecule has 0 spiro atoms. The highest BCUT2D eigenvalue weighted by molar-refractivity contribution is 5.85. The molecule has 24 heavy (non-hydrogen) atoms. The Morgan fingerprint density at radius 2 is 2.00 bits per heavy atom. The molecule has 1 atom stereocenters. The maximum absolute atomic E-state index is 12.4. The van der Waals surface area contributed by atoms with E-state index in [1.807, 2.05) is 30.3 Å². The molecule has 0 saturated carbocycles. The van der Waals surface area contributed by atoms with E-state index >= 15 is 0 Å². The average molecular weight is 327 g/mol. The predicted molar refractivity (Wildman–Crippen MR) is 92.1 cm³/mol. The van der Waals surface area contributed by atoms with E-state index in [4.69, 9.17) is 5.11 Å². The minimum atomic E-state index is -0.315. The lowest BCUT2D eigenvalue weighted by molar-refractivity contribution is -0.134. The van der Waals surface area contributed by atoms with Gasteiger partial charge >= 0.3 is 0 Å². The number of para-hydroxylation sites is 1. The number of carbonyl (C=O) groups is 1. The molecule has 1 saturated heterocycles. The van der Waals surface area contributed by atoms with Crippen LogP contribution in [0, 0.1) is 0 Å². The Bertz CT molecular complexity index is 678. The number of anilines is 3. The molecule has 1 aliphatic rings. The van der Waals surface area contributed by atoms with Gasteiger partial charge in [-0.3, -0.25) is 4.79 Å². The molecule has 7 nitrogen and oxygen atoms in total. The van der Waals surface area contributed by atoms with E-state index < -0.39 is 0 Å². The third kappa shape index (κ3) is 3.99. The van der Waals surface area contributed by atoms with Crippen molar-refractivity contribution in [3.05, 3.63) is 42.7 Å². The second-order valence-electron chi connectivity index (χ2n) is 5.67. The summed E-state index contributed by atoms with van der Waals surface area (Å²) in [5.74, 6) is 1.27. The summed E-state index contributed by atoms with van der Waals surface area (Å²) in [4.78, 5) is 22.5. The quantitative estimate of drug-likeness (QED) is 0.747. The van der Waals surface area contributed by atoms with Crippen molar-refractivity contribution in [2.75, 3.05) is 30.3 Å². The van der Waals surface area contributed by atoms with Crippen LogP contribution >= 0.6 is 0 Å². The highest BCUT2D eigenvalue weighted by Gasteiger charge is 2.28. The molecule has 0 radical (unpaired) electrons. The second kappa shape index (κ2) is 7.74. The lowest BCUT2D eigenvalue weighted by Gasteiger charge is -2.32. The van der Waals surface area contributed by atoms with Crippen LogP contribution in [0.1, 0.15) is 12.8 Å². The minimum Gasteiger partial charge on any atom is -0.395 e. The molecule has 1 amide bonds. The molecule has 126 valence electrons. The molecule has 0 bridgehead atoms. The van der Waals surface area contributed by atoms with E-state index in [1.54, 1.807) is 11.0 Å². The van der Waals surface area contributed by atoms with Crippen molar-refractivity contribution in [1.82, 2.24) is 14.9 Å². The molecule has 7 heteroatoms. The Morgan fingerprint density at radius 3 is 2.79 bits per heavy atom. The summed E-state index contributed by atoms with van der Waals surface area (Å²) in [5.41, 5.74) is 0.935. The van der Waals surface area contributed by atoms with Crippen molar-refractivity contribution in [3.63, 3.8) is 0 Å². The lowest BCUT2D eigenvalue weighted by atomic mass is 10.0. The zero-order chi connectivity index (χ0) is 16.8. The fourth-order valence-corrected chi connectivity index (χ4v) is 2.77. The summed E-state index contributed by atoms with van der Waals surface area (Å²) in [6, 6.07) is 11.2. The first-order valence-corrected chi connectivity index (χ1v) is 8.06. The number of carbonyl (C=O) groups excluding carboxylic acids is 1. The van der Waals surface area contributed by atoms with Gasteiger partial charge < -0.3 is 20.6 Å². The second-order valence-corrected chi connectivity index (χ2v) is 5.67. The molecule has 2 heterocycles. The average Bonchev–Trinajstić information content (AvgIpc) is 2.60. The first-order valence-electron chi connectivity index (χ1n) is 8.06. The van der Waals surface area contributed by atoms with Crippen molar-refractivity contribution in [2.24, 2.45) is 0 Å². The topological polar surface area (TPSA) is 90.4 Å². The van der Waals surface area contributed by atoms with Crippen molar-refractivity contribution >= 4 is 23.2 Å². The lowest BCUT2D eigenvalue weighted by Crippen LogP contribution is -2.48. The number of hydrogen-bond donors (Lipinski definition) is 3. The minimum absolute atomic E-state index is 0.00600. The standard InChI is InChI=1S/C17H21N5O2/c23-10-9-22-8-4-7-14(17(22)24)21-16-11-15(18-12-19-16)20-13-5-2-1-3-6-13/h1-3,5-6,11-12,14,23H,4,7-10H2,(H2,18,19,20,21). The number of benzene rings is 1. The zero-order valence-corrected chi connectivity index (χ0v) is 13.4. The third-order valence-corrected chi connectivity index (χ3v) is 3.94. The van der Waals surface area contributed by atoms with Gasteiger partial charge in [-0.15, -0.1) is 0 Å². The summed E-state index contributed by atoms with van der Waals surface area (Å²) in [7, 11) is 0. The van der Waals surface area contributed by atoms with Crippen molar-refractivity contribution in [3.8, 4) is 0 Å². The van der Waals surface area contributed by atoms with Crippen molar-refractivity contribution < 1.29 is 9.90 Å². The molecule has 1 aromatic heterocycles. The molecular weight excluding hydrogens is 306 g/mol. The Labute approximate surface area is 140 Å². The fraction of sp³-hybridized carbons (Fsp3) is 0.353. The highest BCUT2D eigenvalue weighted by atomic mass is 16.3. The van der Waals surface area contributed by atoms with Crippen LogP contribution < -0.4 is 10.6 Å². The predicted octanol–water partition coefficient (Wildman–Crippen LogP) is 1.62. The molecule has 1 aromatic carbocycles. The van der Waals surface area contributed by atoms with Crippen LogP contribution in [0.4, 0.5) is 17.3 Å². The number of aromatic nitrogens is 2. The van der Waals surface area contributed by atoms with Crippen LogP contribution in [-0.4, -0.2) is 51.6 Å². The van der Waals surface area contributed by atoms with E-state index in [0.29, 0.717) is 24.7 Å². The molecular formula is C17H21N5O2. The summed E-state index contributed by atoms with van der Waals surface area (Å²) >= 11 is 0. The number of amides is 1. The van der Waals surface area contributed by atoms with Crippen LogP contribution in [0.3, 0.4) is 0 Å². The van der Waals surface area contributed by atoms with Gasteiger partial charge in [0.05, 0.1) is 6.61 Å². The molecule has 0 aliphatic carbocycles. The van der Waals surface area contributed by atoms with E-state index in [9.17, 15) is 4.79 Å². The van der Waals surface area contributed by atoms with Crippen LogP contribution in [0.5, 0.6) is 0 Å². The number of nitrogens with one attached hydrogen (secondary N) is 2. The number of aliphatic hydroxyl groups excluding tert-OH is 1.